The zero-order valence-electron chi connectivity index (χ0n) is 11.3. The fraction of sp³-hybridized carbons (Fsp3) is 0.125. The Labute approximate surface area is 116 Å². The number of aromatic nitrogens is 2. The number of fused-ring (bicyclic) bond motifs is 1. The summed E-state index contributed by atoms with van der Waals surface area (Å²) in [4.78, 5) is 18.7. The van der Waals surface area contributed by atoms with Crippen molar-refractivity contribution in [1.82, 2.24) is 9.97 Å². The molecule has 0 bridgehead atoms. The summed E-state index contributed by atoms with van der Waals surface area (Å²) >= 11 is 0. The average Bonchev–Trinajstić information content (AvgIpc) is 2.82. The molecular formula is C16H14N2O2. The lowest BCUT2D eigenvalue weighted by Gasteiger charge is -1.97. The van der Waals surface area contributed by atoms with Crippen LogP contribution in [0.1, 0.15) is 21.5 Å². The van der Waals surface area contributed by atoms with E-state index in [9.17, 15) is 4.79 Å². The van der Waals surface area contributed by atoms with E-state index >= 15 is 0 Å². The van der Waals surface area contributed by atoms with E-state index in [1.54, 1.807) is 24.3 Å². The summed E-state index contributed by atoms with van der Waals surface area (Å²) in [6, 6.07) is 10.8. The Morgan fingerprint density at radius 2 is 1.75 bits per heavy atom. The van der Waals surface area contributed by atoms with Crippen molar-refractivity contribution in [2.45, 2.75) is 13.8 Å². The lowest BCUT2D eigenvalue weighted by Crippen LogP contribution is -1.95. The van der Waals surface area contributed by atoms with Gasteiger partial charge in [0.1, 0.15) is 5.82 Å². The van der Waals surface area contributed by atoms with Crippen LogP contribution in [0, 0.1) is 13.8 Å². The van der Waals surface area contributed by atoms with E-state index in [4.69, 9.17) is 5.11 Å². The highest BCUT2D eigenvalue weighted by Gasteiger charge is 2.08. The van der Waals surface area contributed by atoms with Gasteiger partial charge in [-0.05, 0) is 49.2 Å². The second kappa shape index (κ2) is 4.49. The molecule has 0 spiro atoms. The Morgan fingerprint density at radius 1 is 1.10 bits per heavy atom. The van der Waals surface area contributed by atoms with Crippen LogP contribution in [-0.4, -0.2) is 21.0 Å². The molecule has 4 nitrogen and oxygen atoms in total. The van der Waals surface area contributed by atoms with Crippen LogP contribution in [0.2, 0.25) is 0 Å². The van der Waals surface area contributed by atoms with Crippen LogP contribution in [-0.2, 0) is 0 Å². The maximum atomic E-state index is 10.8. The highest BCUT2D eigenvalue weighted by molar-refractivity contribution is 5.88. The smallest absolute Gasteiger partial charge is 0.335 e. The van der Waals surface area contributed by atoms with Gasteiger partial charge in [-0.15, -0.1) is 0 Å². The van der Waals surface area contributed by atoms with Gasteiger partial charge in [0.15, 0.2) is 0 Å². The fourth-order valence-electron chi connectivity index (χ4n) is 2.18. The summed E-state index contributed by atoms with van der Waals surface area (Å²) in [5, 5.41) is 8.90. The minimum absolute atomic E-state index is 0.275. The molecule has 20 heavy (non-hydrogen) atoms. The minimum atomic E-state index is -0.924. The summed E-state index contributed by atoms with van der Waals surface area (Å²) in [7, 11) is 0. The molecular weight excluding hydrogens is 252 g/mol. The van der Waals surface area contributed by atoms with Crippen molar-refractivity contribution in [2.24, 2.45) is 0 Å². The molecule has 1 heterocycles. The Kier molecular flexibility index (Phi) is 2.79. The monoisotopic (exact) mass is 266 g/mol. The van der Waals surface area contributed by atoms with Crippen LogP contribution in [0.4, 0.5) is 0 Å². The number of H-pyrrole nitrogens is 1. The van der Waals surface area contributed by atoms with Crippen molar-refractivity contribution >= 4 is 17.0 Å². The normalized spacial score (nSPS) is 10.9. The molecule has 0 aliphatic rings. The first kappa shape index (κ1) is 12.4. The molecule has 0 amide bonds. The van der Waals surface area contributed by atoms with Gasteiger partial charge in [-0.3, -0.25) is 0 Å². The number of rotatable bonds is 2. The van der Waals surface area contributed by atoms with Gasteiger partial charge in [-0.25, -0.2) is 9.78 Å². The summed E-state index contributed by atoms with van der Waals surface area (Å²) in [6.07, 6.45) is 0. The highest BCUT2D eigenvalue weighted by Crippen LogP contribution is 2.23. The fourth-order valence-corrected chi connectivity index (χ4v) is 2.18. The third kappa shape index (κ3) is 2.05. The molecule has 0 saturated heterocycles. The van der Waals surface area contributed by atoms with Crippen molar-refractivity contribution < 1.29 is 9.90 Å². The van der Waals surface area contributed by atoms with Crippen molar-refractivity contribution in [3.63, 3.8) is 0 Å². The number of hydrogen-bond acceptors (Lipinski definition) is 2. The molecule has 4 heteroatoms. The van der Waals surface area contributed by atoms with Gasteiger partial charge < -0.3 is 10.1 Å². The zero-order chi connectivity index (χ0) is 14.3. The number of hydrogen-bond donors (Lipinski definition) is 2. The Bertz CT molecular complexity index is 762. The average molecular weight is 266 g/mol. The van der Waals surface area contributed by atoms with Gasteiger partial charge in [-0.1, -0.05) is 12.1 Å². The van der Waals surface area contributed by atoms with Crippen molar-refractivity contribution in [2.75, 3.05) is 0 Å². The van der Waals surface area contributed by atoms with Crippen LogP contribution >= 0.6 is 0 Å². The molecule has 2 N–H and O–H groups in total. The second-order valence-corrected chi connectivity index (χ2v) is 4.92. The maximum Gasteiger partial charge on any atom is 0.335 e. The lowest BCUT2D eigenvalue weighted by atomic mass is 10.1. The molecule has 0 aliphatic carbocycles. The van der Waals surface area contributed by atoms with Gasteiger partial charge in [0.05, 0.1) is 16.6 Å². The number of carbonyl (C=O) groups is 1. The van der Waals surface area contributed by atoms with Crippen LogP contribution in [0.5, 0.6) is 0 Å². The number of nitrogens with one attached hydrogen (secondary N) is 1. The molecule has 0 radical (unpaired) electrons. The number of aryl methyl sites for hydroxylation is 2. The van der Waals surface area contributed by atoms with Gasteiger partial charge in [-0.2, -0.15) is 0 Å². The summed E-state index contributed by atoms with van der Waals surface area (Å²) < 4.78 is 0. The second-order valence-electron chi connectivity index (χ2n) is 4.92. The quantitative estimate of drug-likeness (QED) is 0.745. The SMILES string of the molecule is Cc1cc2nc(-c3ccc(C(=O)O)cc3)[nH]c2cc1C. The highest BCUT2D eigenvalue weighted by atomic mass is 16.4. The Hall–Kier alpha value is -2.62. The number of benzene rings is 2. The number of aromatic amines is 1. The molecule has 0 aliphatic heterocycles. The van der Waals surface area contributed by atoms with E-state index in [-0.39, 0.29) is 5.56 Å². The van der Waals surface area contributed by atoms with Gasteiger partial charge in [0.2, 0.25) is 0 Å². The Balaban J connectivity index is 2.07. The van der Waals surface area contributed by atoms with E-state index in [1.807, 2.05) is 0 Å². The molecule has 3 aromatic rings. The van der Waals surface area contributed by atoms with Gasteiger partial charge in [0, 0.05) is 5.56 Å². The number of imidazole rings is 1. The summed E-state index contributed by atoms with van der Waals surface area (Å²) in [6.45, 7) is 4.13. The molecule has 0 saturated carbocycles. The van der Waals surface area contributed by atoms with Crippen molar-refractivity contribution in [3.8, 4) is 11.4 Å². The number of nitrogens with zero attached hydrogens (tertiary/aromatic N) is 1. The molecule has 3 rings (SSSR count). The summed E-state index contributed by atoms with van der Waals surface area (Å²) in [5.74, 6) is -0.172. The molecule has 100 valence electrons. The lowest BCUT2D eigenvalue weighted by molar-refractivity contribution is 0.0697. The first-order chi connectivity index (χ1) is 9.54. The number of aromatic carboxylic acids is 1. The minimum Gasteiger partial charge on any atom is -0.478 e. The van der Waals surface area contributed by atoms with Crippen molar-refractivity contribution in [3.05, 3.63) is 53.1 Å². The molecule has 1 aromatic heterocycles. The van der Waals surface area contributed by atoms with Gasteiger partial charge >= 0.3 is 5.97 Å². The number of carboxylic acid groups (broad SMARTS) is 1. The molecule has 2 aromatic carbocycles. The molecule has 0 atom stereocenters. The molecule has 0 unspecified atom stereocenters. The first-order valence-corrected chi connectivity index (χ1v) is 6.35. The van der Waals surface area contributed by atoms with Crippen LogP contribution in [0.3, 0.4) is 0 Å². The maximum absolute atomic E-state index is 10.8. The predicted octanol–water partition coefficient (Wildman–Crippen LogP) is 3.54. The van der Waals surface area contributed by atoms with Crippen molar-refractivity contribution in [1.29, 1.82) is 0 Å². The first-order valence-electron chi connectivity index (χ1n) is 6.35. The standard InChI is InChI=1S/C16H14N2O2/c1-9-7-13-14(8-10(9)2)18-15(17-13)11-3-5-12(6-4-11)16(19)20/h3-8H,1-2H3,(H,17,18)(H,19,20). The third-order valence-electron chi connectivity index (χ3n) is 3.50. The summed E-state index contributed by atoms with van der Waals surface area (Å²) in [5.41, 5.74) is 5.49. The van der Waals surface area contributed by atoms with Crippen LogP contribution in [0.25, 0.3) is 22.4 Å². The zero-order valence-corrected chi connectivity index (χ0v) is 11.3. The van der Waals surface area contributed by atoms with Crippen LogP contribution in [0.15, 0.2) is 36.4 Å². The van der Waals surface area contributed by atoms with E-state index in [2.05, 4.69) is 35.9 Å². The third-order valence-corrected chi connectivity index (χ3v) is 3.50. The van der Waals surface area contributed by atoms with Gasteiger partial charge in [0.25, 0.3) is 0 Å². The largest absolute Gasteiger partial charge is 0.478 e. The Morgan fingerprint density at radius 3 is 2.40 bits per heavy atom. The van der Waals surface area contributed by atoms with E-state index < -0.39 is 5.97 Å². The molecule has 0 fully saturated rings. The van der Waals surface area contributed by atoms with E-state index in [0.717, 1.165) is 22.4 Å². The topological polar surface area (TPSA) is 66.0 Å². The number of carboxylic acids is 1. The van der Waals surface area contributed by atoms with Crippen LogP contribution < -0.4 is 0 Å². The van der Waals surface area contributed by atoms with E-state index in [1.165, 1.54) is 11.1 Å². The van der Waals surface area contributed by atoms with E-state index in [0.29, 0.717) is 0 Å². The predicted molar refractivity (Wildman–Crippen MR) is 78.0 cm³/mol.